The molecular weight excluding hydrogens is 326 g/mol. The average molecular weight is 346 g/mol. The molecule has 0 radical (unpaired) electrons. The van der Waals surface area contributed by atoms with Gasteiger partial charge in [-0.25, -0.2) is 14.8 Å². The summed E-state index contributed by atoms with van der Waals surface area (Å²) in [6.07, 6.45) is 3.84. The standard InChI is InChI=1S/C18H20ClN3O2/c1-2-14-15(18(23)24)17(22-10-4-3-5-11-22)21-16(20-14)12-6-8-13(19)9-7-12/h6-9H,2-5,10-11H2,1H3,(H,23,24). The molecule has 1 fully saturated rings. The number of carboxylic acids is 1. The third kappa shape index (κ3) is 3.36. The second kappa shape index (κ2) is 7.18. The maximum Gasteiger partial charge on any atom is 0.341 e. The summed E-state index contributed by atoms with van der Waals surface area (Å²) < 4.78 is 0. The lowest BCUT2D eigenvalue weighted by Crippen LogP contribution is -2.32. The van der Waals surface area contributed by atoms with Gasteiger partial charge in [0.25, 0.3) is 0 Å². The largest absolute Gasteiger partial charge is 0.477 e. The number of aromatic carboxylic acids is 1. The summed E-state index contributed by atoms with van der Waals surface area (Å²) in [5.41, 5.74) is 1.64. The predicted molar refractivity (Wildman–Crippen MR) is 94.9 cm³/mol. The molecule has 24 heavy (non-hydrogen) atoms. The van der Waals surface area contributed by atoms with Crippen LogP contribution in [0.2, 0.25) is 5.02 Å². The summed E-state index contributed by atoms with van der Waals surface area (Å²) in [6, 6.07) is 7.30. The SMILES string of the molecule is CCc1nc(-c2ccc(Cl)cc2)nc(N2CCCCC2)c1C(=O)O. The smallest absolute Gasteiger partial charge is 0.341 e. The van der Waals surface area contributed by atoms with E-state index in [2.05, 4.69) is 14.9 Å². The Kier molecular flexibility index (Phi) is 5.00. The number of benzene rings is 1. The first-order valence-corrected chi connectivity index (χ1v) is 8.63. The summed E-state index contributed by atoms with van der Waals surface area (Å²) in [7, 11) is 0. The maximum atomic E-state index is 11.8. The minimum Gasteiger partial charge on any atom is -0.477 e. The van der Waals surface area contributed by atoms with Crippen LogP contribution >= 0.6 is 11.6 Å². The number of carbonyl (C=O) groups is 1. The van der Waals surface area contributed by atoms with E-state index in [4.69, 9.17) is 11.6 Å². The van der Waals surface area contributed by atoms with E-state index < -0.39 is 5.97 Å². The molecule has 0 atom stereocenters. The molecule has 1 aliphatic rings. The minimum atomic E-state index is -0.963. The molecule has 1 saturated heterocycles. The Morgan fingerprint density at radius 2 is 1.83 bits per heavy atom. The second-order valence-electron chi connectivity index (χ2n) is 5.91. The van der Waals surface area contributed by atoms with Crippen LogP contribution in [0.3, 0.4) is 0 Å². The summed E-state index contributed by atoms with van der Waals surface area (Å²) >= 11 is 5.95. The molecule has 0 bridgehead atoms. The molecule has 1 aromatic heterocycles. The van der Waals surface area contributed by atoms with E-state index in [-0.39, 0.29) is 5.56 Å². The van der Waals surface area contributed by atoms with E-state index in [1.165, 1.54) is 6.42 Å². The molecule has 1 N–H and O–H groups in total. The molecule has 0 saturated carbocycles. The molecule has 0 spiro atoms. The molecule has 1 aliphatic heterocycles. The number of aryl methyl sites for hydroxylation is 1. The van der Waals surface area contributed by atoms with Crippen LogP contribution in [0.25, 0.3) is 11.4 Å². The predicted octanol–water partition coefficient (Wildman–Crippen LogP) is 4.05. The van der Waals surface area contributed by atoms with Gasteiger partial charge in [0.1, 0.15) is 11.4 Å². The number of hydrogen-bond donors (Lipinski definition) is 1. The molecule has 6 heteroatoms. The van der Waals surface area contributed by atoms with Crippen molar-refractivity contribution in [1.82, 2.24) is 9.97 Å². The van der Waals surface area contributed by atoms with E-state index >= 15 is 0 Å². The van der Waals surface area contributed by atoms with Crippen molar-refractivity contribution >= 4 is 23.4 Å². The highest BCUT2D eigenvalue weighted by Gasteiger charge is 2.25. The second-order valence-corrected chi connectivity index (χ2v) is 6.34. The number of hydrogen-bond acceptors (Lipinski definition) is 4. The molecule has 126 valence electrons. The Morgan fingerprint density at radius 1 is 1.17 bits per heavy atom. The fraction of sp³-hybridized carbons (Fsp3) is 0.389. The zero-order valence-corrected chi connectivity index (χ0v) is 14.4. The highest BCUT2D eigenvalue weighted by atomic mass is 35.5. The molecular formula is C18H20ClN3O2. The summed E-state index contributed by atoms with van der Waals surface area (Å²) in [5, 5.41) is 10.3. The third-order valence-electron chi connectivity index (χ3n) is 4.27. The first-order chi connectivity index (χ1) is 11.6. The summed E-state index contributed by atoms with van der Waals surface area (Å²) in [4.78, 5) is 23.0. The Hall–Kier alpha value is -2.14. The highest BCUT2D eigenvalue weighted by molar-refractivity contribution is 6.30. The van der Waals surface area contributed by atoms with Crippen LogP contribution in [-0.2, 0) is 6.42 Å². The van der Waals surface area contributed by atoms with E-state index in [0.29, 0.717) is 28.8 Å². The van der Waals surface area contributed by atoms with Crippen molar-refractivity contribution in [2.75, 3.05) is 18.0 Å². The molecule has 5 nitrogen and oxygen atoms in total. The van der Waals surface area contributed by atoms with Crippen molar-refractivity contribution < 1.29 is 9.90 Å². The van der Waals surface area contributed by atoms with Gasteiger partial charge >= 0.3 is 5.97 Å². The van der Waals surface area contributed by atoms with Gasteiger partial charge < -0.3 is 10.0 Å². The fourth-order valence-corrected chi connectivity index (χ4v) is 3.16. The number of piperidine rings is 1. The zero-order valence-electron chi connectivity index (χ0n) is 13.6. The van der Waals surface area contributed by atoms with E-state index in [1.54, 1.807) is 12.1 Å². The van der Waals surface area contributed by atoms with E-state index in [9.17, 15) is 9.90 Å². The third-order valence-corrected chi connectivity index (χ3v) is 4.52. The van der Waals surface area contributed by atoms with Crippen LogP contribution in [0.1, 0.15) is 42.2 Å². The van der Waals surface area contributed by atoms with Crippen molar-refractivity contribution in [1.29, 1.82) is 0 Å². The zero-order chi connectivity index (χ0) is 17.1. The molecule has 2 heterocycles. The Labute approximate surface area is 146 Å². The highest BCUT2D eigenvalue weighted by Crippen LogP contribution is 2.28. The normalized spacial score (nSPS) is 14.7. The first kappa shape index (κ1) is 16.7. The number of halogens is 1. The number of aromatic nitrogens is 2. The number of rotatable bonds is 4. The van der Waals surface area contributed by atoms with Gasteiger partial charge in [-0.05, 0) is 49.9 Å². The Balaban J connectivity index is 2.14. The Bertz CT molecular complexity index is 741. The van der Waals surface area contributed by atoms with Crippen LogP contribution in [0.5, 0.6) is 0 Å². The van der Waals surface area contributed by atoms with E-state index in [0.717, 1.165) is 31.5 Å². The molecule has 0 unspecified atom stereocenters. The lowest BCUT2D eigenvalue weighted by atomic mass is 10.1. The quantitative estimate of drug-likeness (QED) is 0.905. The van der Waals surface area contributed by atoms with Crippen molar-refractivity contribution in [3.05, 3.63) is 40.5 Å². The summed E-state index contributed by atoms with van der Waals surface area (Å²) in [5.74, 6) is 0.128. The summed E-state index contributed by atoms with van der Waals surface area (Å²) in [6.45, 7) is 3.58. The van der Waals surface area contributed by atoms with Gasteiger partial charge in [-0.2, -0.15) is 0 Å². The van der Waals surface area contributed by atoms with Crippen molar-refractivity contribution in [3.8, 4) is 11.4 Å². The number of anilines is 1. The van der Waals surface area contributed by atoms with Gasteiger partial charge in [0, 0.05) is 23.7 Å². The van der Waals surface area contributed by atoms with Gasteiger partial charge in [0.2, 0.25) is 0 Å². The monoisotopic (exact) mass is 345 g/mol. The molecule has 2 aromatic rings. The lowest BCUT2D eigenvalue weighted by Gasteiger charge is -2.29. The van der Waals surface area contributed by atoms with Crippen LogP contribution < -0.4 is 4.90 Å². The van der Waals surface area contributed by atoms with Crippen LogP contribution in [0, 0.1) is 0 Å². The fourth-order valence-electron chi connectivity index (χ4n) is 3.03. The van der Waals surface area contributed by atoms with Crippen molar-refractivity contribution in [2.24, 2.45) is 0 Å². The van der Waals surface area contributed by atoms with Gasteiger partial charge in [-0.3, -0.25) is 0 Å². The topological polar surface area (TPSA) is 66.3 Å². The van der Waals surface area contributed by atoms with Crippen LogP contribution in [-0.4, -0.2) is 34.1 Å². The van der Waals surface area contributed by atoms with Gasteiger partial charge in [-0.1, -0.05) is 18.5 Å². The lowest BCUT2D eigenvalue weighted by molar-refractivity contribution is 0.0695. The van der Waals surface area contributed by atoms with Crippen LogP contribution in [0.15, 0.2) is 24.3 Å². The van der Waals surface area contributed by atoms with Gasteiger partial charge in [0.15, 0.2) is 5.82 Å². The number of carboxylic acid groups (broad SMARTS) is 1. The first-order valence-electron chi connectivity index (χ1n) is 8.25. The van der Waals surface area contributed by atoms with Crippen LogP contribution in [0.4, 0.5) is 5.82 Å². The molecule has 0 aliphatic carbocycles. The maximum absolute atomic E-state index is 11.8. The number of nitrogens with zero attached hydrogens (tertiary/aromatic N) is 3. The van der Waals surface area contributed by atoms with Crippen molar-refractivity contribution in [2.45, 2.75) is 32.6 Å². The van der Waals surface area contributed by atoms with Gasteiger partial charge in [-0.15, -0.1) is 0 Å². The molecule has 1 aromatic carbocycles. The van der Waals surface area contributed by atoms with E-state index in [1.807, 2.05) is 19.1 Å². The Morgan fingerprint density at radius 3 is 2.42 bits per heavy atom. The van der Waals surface area contributed by atoms with Crippen molar-refractivity contribution in [3.63, 3.8) is 0 Å². The minimum absolute atomic E-state index is 0.233. The average Bonchev–Trinajstić information content (AvgIpc) is 2.61. The van der Waals surface area contributed by atoms with Gasteiger partial charge in [0.05, 0.1) is 5.69 Å². The molecule has 0 amide bonds. The molecule has 3 rings (SSSR count).